The zero-order chi connectivity index (χ0) is 10.8. The van der Waals surface area contributed by atoms with Crippen LogP contribution in [-0.2, 0) is 9.59 Å². The maximum Gasteiger partial charge on any atom is 0.235 e. The van der Waals surface area contributed by atoms with Crippen LogP contribution in [0.1, 0.15) is 27.2 Å². The van der Waals surface area contributed by atoms with Crippen molar-refractivity contribution in [3.8, 4) is 0 Å². The number of rotatable bonds is 4. The van der Waals surface area contributed by atoms with E-state index in [1.807, 2.05) is 20.8 Å². The Hall–Kier alpha value is -0.900. The van der Waals surface area contributed by atoms with Gasteiger partial charge in [0.15, 0.2) is 0 Å². The molecule has 1 saturated heterocycles. The second kappa shape index (κ2) is 4.09. The lowest BCUT2D eigenvalue weighted by molar-refractivity contribution is -0.140. The van der Waals surface area contributed by atoms with Crippen molar-refractivity contribution >= 4 is 11.8 Å². The molecule has 4 heteroatoms. The van der Waals surface area contributed by atoms with E-state index in [-0.39, 0.29) is 11.8 Å². The summed E-state index contributed by atoms with van der Waals surface area (Å²) in [5.74, 6) is -0.0849. The number of hydrogen-bond donors (Lipinski definition) is 1. The van der Waals surface area contributed by atoms with Crippen LogP contribution >= 0.6 is 0 Å². The molecule has 80 valence electrons. The fourth-order valence-corrected chi connectivity index (χ4v) is 1.62. The monoisotopic (exact) mass is 198 g/mol. The molecular formula is C10H18N2O2. The molecule has 0 aromatic heterocycles. The van der Waals surface area contributed by atoms with E-state index in [9.17, 15) is 9.59 Å². The van der Waals surface area contributed by atoms with E-state index in [4.69, 9.17) is 0 Å². The van der Waals surface area contributed by atoms with Gasteiger partial charge >= 0.3 is 0 Å². The molecule has 1 aliphatic heterocycles. The van der Waals surface area contributed by atoms with E-state index >= 15 is 0 Å². The van der Waals surface area contributed by atoms with Crippen LogP contribution in [0.5, 0.6) is 0 Å². The lowest BCUT2D eigenvalue weighted by Crippen LogP contribution is -2.38. The Morgan fingerprint density at radius 3 is 2.50 bits per heavy atom. The van der Waals surface area contributed by atoms with Crippen LogP contribution in [0.25, 0.3) is 0 Å². The average Bonchev–Trinajstić information content (AvgIpc) is 2.27. The van der Waals surface area contributed by atoms with Crippen LogP contribution < -0.4 is 5.32 Å². The van der Waals surface area contributed by atoms with Crippen molar-refractivity contribution in [3.63, 3.8) is 0 Å². The molecule has 0 aromatic rings. The second-order valence-electron chi connectivity index (χ2n) is 4.26. The molecule has 0 unspecified atom stereocenters. The van der Waals surface area contributed by atoms with Crippen molar-refractivity contribution in [2.24, 2.45) is 5.41 Å². The molecule has 2 amide bonds. The Labute approximate surface area is 84.7 Å². The van der Waals surface area contributed by atoms with Gasteiger partial charge < -0.3 is 5.32 Å². The summed E-state index contributed by atoms with van der Waals surface area (Å²) in [7, 11) is 0. The van der Waals surface area contributed by atoms with Gasteiger partial charge in [-0.3, -0.25) is 14.5 Å². The molecule has 0 spiro atoms. The Bertz CT molecular complexity index is 249. The molecular weight excluding hydrogens is 180 g/mol. The molecule has 0 saturated carbocycles. The molecule has 1 fully saturated rings. The molecule has 1 rings (SSSR count). The van der Waals surface area contributed by atoms with E-state index in [0.717, 1.165) is 6.54 Å². The third-order valence-electron chi connectivity index (χ3n) is 2.48. The van der Waals surface area contributed by atoms with Crippen molar-refractivity contribution in [2.45, 2.75) is 27.2 Å². The third kappa shape index (κ3) is 2.12. The van der Waals surface area contributed by atoms with Crippen molar-refractivity contribution in [2.75, 3.05) is 19.6 Å². The summed E-state index contributed by atoms with van der Waals surface area (Å²) in [6.07, 6.45) is 0.345. The van der Waals surface area contributed by atoms with Gasteiger partial charge in [0.1, 0.15) is 0 Å². The summed E-state index contributed by atoms with van der Waals surface area (Å²) < 4.78 is 0. The highest BCUT2D eigenvalue weighted by Gasteiger charge is 2.44. The summed E-state index contributed by atoms with van der Waals surface area (Å²) in [5, 5.41) is 3.10. The van der Waals surface area contributed by atoms with E-state index in [0.29, 0.717) is 19.5 Å². The standard InChI is InChI=1S/C10H18N2O2/c1-4-11-5-6-12-8(13)7-10(2,3)9(12)14/h11H,4-7H2,1-3H3. The first-order chi connectivity index (χ1) is 6.49. The second-order valence-corrected chi connectivity index (χ2v) is 4.26. The van der Waals surface area contributed by atoms with E-state index in [1.165, 1.54) is 4.90 Å². The third-order valence-corrected chi connectivity index (χ3v) is 2.48. The van der Waals surface area contributed by atoms with Gasteiger partial charge in [0.2, 0.25) is 11.8 Å². The van der Waals surface area contributed by atoms with Crippen LogP contribution in [0.3, 0.4) is 0 Å². The molecule has 14 heavy (non-hydrogen) atoms. The molecule has 0 aromatic carbocycles. The van der Waals surface area contributed by atoms with Crippen LogP contribution in [0.4, 0.5) is 0 Å². The van der Waals surface area contributed by atoms with Gasteiger partial charge in [-0.15, -0.1) is 0 Å². The SMILES string of the molecule is CCNCCN1C(=O)CC(C)(C)C1=O. The zero-order valence-corrected chi connectivity index (χ0v) is 9.09. The highest BCUT2D eigenvalue weighted by atomic mass is 16.2. The van der Waals surface area contributed by atoms with E-state index < -0.39 is 5.41 Å². The minimum atomic E-state index is -0.497. The van der Waals surface area contributed by atoms with Crippen molar-refractivity contribution in [3.05, 3.63) is 0 Å². The molecule has 0 bridgehead atoms. The van der Waals surface area contributed by atoms with Crippen LogP contribution in [0.15, 0.2) is 0 Å². The fourth-order valence-electron chi connectivity index (χ4n) is 1.62. The number of amides is 2. The van der Waals surface area contributed by atoms with Gasteiger partial charge in [-0.1, -0.05) is 20.8 Å². The van der Waals surface area contributed by atoms with Crippen molar-refractivity contribution in [1.82, 2.24) is 10.2 Å². The lowest BCUT2D eigenvalue weighted by atomic mass is 9.92. The molecule has 1 heterocycles. The molecule has 0 radical (unpaired) electrons. The number of likely N-dealkylation sites (tertiary alicyclic amines) is 1. The Morgan fingerprint density at radius 2 is 2.07 bits per heavy atom. The first kappa shape index (κ1) is 11.2. The highest BCUT2D eigenvalue weighted by molar-refractivity contribution is 6.05. The minimum absolute atomic E-state index is 0.0413. The lowest BCUT2D eigenvalue weighted by Gasteiger charge is -2.17. The highest BCUT2D eigenvalue weighted by Crippen LogP contribution is 2.30. The fraction of sp³-hybridized carbons (Fsp3) is 0.800. The number of likely N-dealkylation sites (N-methyl/N-ethyl adjacent to an activating group) is 1. The van der Waals surface area contributed by atoms with Gasteiger partial charge in [-0.05, 0) is 6.54 Å². The first-order valence-corrected chi connectivity index (χ1v) is 5.04. The predicted octanol–water partition coefficient (Wildman–Crippen LogP) is 0.381. The van der Waals surface area contributed by atoms with Gasteiger partial charge in [0, 0.05) is 19.5 Å². The average molecular weight is 198 g/mol. The predicted molar refractivity (Wildman–Crippen MR) is 53.7 cm³/mol. The smallest absolute Gasteiger partial charge is 0.235 e. The number of carbonyl (C=O) groups is 2. The quantitative estimate of drug-likeness (QED) is 0.525. The first-order valence-electron chi connectivity index (χ1n) is 5.04. The number of nitrogens with zero attached hydrogens (tertiary/aromatic N) is 1. The van der Waals surface area contributed by atoms with Crippen LogP contribution in [0.2, 0.25) is 0 Å². The largest absolute Gasteiger partial charge is 0.315 e. The van der Waals surface area contributed by atoms with Crippen molar-refractivity contribution < 1.29 is 9.59 Å². The number of hydrogen-bond acceptors (Lipinski definition) is 3. The minimum Gasteiger partial charge on any atom is -0.315 e. The number of nitrogens with one attached hydrogen (secondary N) is 1. The summed E-state index contributed by atoms with van der Waals surface area (Å²) in [6.45, 7) is 7.68. The Balaban J connectivity index is 2.53. The van der Waals surface area contributed by atoms with Gasteiger partial charge in [-0.25, -0.2) is 0 Å². The summed E-state index contributed by atoms with van der Waals surface area (Å²) in [4.78, 5) is 24.5. The molecule has 0 atom stereocenters. The van der Waals surface area contributed by atoms with Crippen LogP contribution in [0, 0.1) is 5.41 Å². The Kier molecular flexibility index (Phi) is 3.26. The number of imide groups is 1. The van der Waals surface area contributed by atoms with Gasteiger partial charge in [0.25, 0.3) is 0 Å². The summed E-state index contributed by atoms with van der Waals surface area (Å²) in [6, 6.07) is 0. The number of carbonyl (C=O) groups excluding carboxylic acids is 2. The molecule has 1 aliphatic rings. The zero-order valence-electron chi connectivity index (χ0n) is 9.09. The van der Waals surface area contributed by atoms with Crippen molar-refractivity contribution in [1.29, 1.82) is 0 Å². The molecule has 1 N–H and O–H groups in total. The molecule has 0 aliphatic carbocycles. The maximum absolute atomic E-state index is 11.7. The van der Waals surface area contributed by atoms with Gasteiger partial charge in [0.05, 0.1) is 5.41 Å². The van der Waals surface area contributed by atoms with Gasteiger partial charge in [-0.2, -0.15) is 0 Å². The van der Waals surface area contributed by atoms with Crippen LogP contribution in [-0.4, -0.2) is 36.3 Å². The topological polar surface area (TPSA) is 49.4 Å². The summed E-state index contributed by atoms with van der Waals surface area (Å²) in [5.41, 5.74) is -0.497. The normalized spacial score (nSPS) is 20.6. The van der Waals surface area contributed by atoms with E-state index in [2.05, 4.69) is 5.32 Å². The maximum atomic E-state index is 11.7. The Morgan fingerprint density at radius 1 is 1.43 bits per heavy atom. The molecule has 4 nitrogen and oxygen atoms in total. The summed E-state index contributed by atoms with van der Waals surface area (Å²) >= 11 is 0. The van der Waals surface area contributed by atoms with E-state index in [1.54, 1.807) is 0 Å².